The van der Waals surface area contributed by atoms with E-state index < -0.39 is 38.1 Å². The van der Waals surface area contributed by atoms with Crippen LogP contribution in [-0.2, 0) is 33.9 Å². The maximum atomic E-state index is 12.7. The summed E-state index contributed by atoms with van der Waals surface area (Å²) in [6, 6.07) is 3.93. The number of benzene rings is 1. The van der Waals surface area contributed by atoms with Gasteiger partial charge in [0.1, 0.15) is 10.3 Å². The van der Waals surface area contributed by atoms with E-state index >= 15 is 0 Å². The Hall–Kier alpha value is -0.910. The lowest BCUT2D eigenvalue weighted by Gasteiger charge is -2.46. The molecule has 26 heavy (non-hydrogen) atoms. The normalized spacial score (nSPS) is 17.5. The number of hydrogen-bond donors (Lipinski definition) is 0. The van der Waals surface area contributed by atoms with Crippen molar-refractivity contribution in [3.63, 3.8) is 0 Å². The minimum absolute atomic E-state index is 0.0569. The maximum Gasteiger partial charge on any atom is 0.317 e. The highest BCUT2D eigenvalue weighted by Gasteiger charge is 2.55. The van der Waals surface area contributed by atoms with Gasteiger partial charge in [-0.3, -0.25) is 8.98 Å². The SMILES string of the molecule is CCOC(=O)C1(COS(C)(=O)=O)CN(S(=O)(=O)c2ccc(Cl)cc2Cl)C1. The van der Waals surface area contributed by atoms with Crippen LogP contribution in [0.2, 0.25) is 10.0 Å². The third-order valence-electron chi connectivity index (χ3n) is 3.73. The van der Waals surface area contributed by atoms with Crippen molar-refractivity contribution in [1.29, 1.82) is 0 Å². The topological polar surface area (TPSA) is 107 Å². The second kappa shape index (κ2) is 7.61. The number of sulfonamides is 1. The summed E-state index contributed by atoms with van der Waals surface area (Å²) >= 11 is 11.7. The molecule has 0 bridgehead atoms. The summed E-state index contributed by atoms with van der Waals surface area (Å²) in [7, 11) is -7.80. The molecule has 0 spiro atoms. The Morgan fingerprint density at radius 2 is 1.85 bits per heavy atom. The van der Waals surface area contributed by atoms with Crippen LogP contribution < -0.4 is 0 Å². The molecule has 1 aliphatic heterocycles. The van der Waals surface area contributed by atoms with Crippen LogP contribution in [0, 0.1) is 5.41 Å². The summed E-state index contributed by atoms with van der Waals surface area (Å²) in [4.78, 5) is 12.1. The number of carbonyl (C=O) groups is 1. The molecule has 1 fully saturated rings. The highest BCUT2D eigenvalue weighted by atomic mass is 35.5. The molecule has 12 heteroatoms. The molecule has 8 nitrogen and oxygen atoms in total. The van der Waals surface area contributed by atoms with Crippen molar-refractivity contribution in [2.75, 3.05) is 32.6 Å². The molecule has 0 unspecified atom stereocenters. The van der Waals surface area contributed by atoms with Crippen LogP contribution in [0.25, 0.3) is 0 Å². The molecule has 0 amide bonds. The molecular formula is C14H17Cl2NO7S2. The lowest BCUT2D eigenvalue weighted by Crippen LogP contribution is -2.64. The van der Waals surface area contributed by atoms with Gasteiger partial charge in [-0.2, -0.15) is 12.7 Å². The summed E-state index contributed by atoms with van der Waals surface area (Å²) < 4.78 is 58.5. The molecule has 2 rings (SSSR count). The predicted molar refractivity (Wildman–Crippen MR) is 95.1 cm³/mol. The fraction of sp³-hybridized carbons (Fsp3) is 0.500. The molecule has 0 radical (unpaired) electrons. The van der Waals surface area contributed by atoms with Gasteiger partial charge in [0.2, 0.25) is 10.0 Å². The summed E-state index contributed by atoms with van der Waals surface area (Å²) in [5, 5.41) is 0.221. The summed E-state index contributed by atoms with van der Waals surface area (Å²) in [5.74, 6) is -0.725. The van der Waals surface area contributed by atoms with Gasteiger partial charge in [0.15, 0.2) is 0 Å². The van der Waals surface area contributed by atoms with Crippen LogP contribution in [-0.4, -0.2) is 59.7 Å². The van der Waals surface area contributed by atoms with E-state index in [-0.39, 0.29) is 34.6 Å². The van der Waals surface area contributed by atoms with Crippen LogP contribution in [0.3, 0.4) is 0 Å². The first-order chi connectivity index (χ1) is 11.9. The first-order valence-corrected chi connectivity index (χ1v) is 11.4. The largest absolute Gasteiger partial charge is 0.465 e. The van der Waals surface area contributed by atoms with Gasteiger partial charge >= 0.3 is 5.97 Å². The second-order valence-electron chi connectivity index (χ2n) is 5.81. The minimum Gasteiger partial charge on any atom is -0.465 e. The second-order valence-corrected chi connectivity index (χ2v) is 10.2. The van der Waals surface area contributed by atoms with Gasteiger partial charge in [-0.25, -0.2) is 8.42 Å². The molecule has 1 saturated heterocycles. The van der Waals surface area contributed by atoms with E-state index in [2.05, 4.69) is 0 Å². The fourth-order valence-corrected chi connectivity index (χ4v) is 5.20. The van der Waals surface area contributed by atoms with Gasteiger partial charge in [0.25, 0.3) is 10.1 Å². The Bertz CT molecular complexity index is 909. The first kappa shape index (κ1) is 21.4. The van der Waals surface area contributed by atoms with Crippen LogP contribution >= 0.6 is 23.2 Å². The quantitative estimate of drug-likeness (QED) is 0.462. The summed E-state index contributed by atoms with van der Waals surface area (Å²) in [6.07, 6.45) is 0.840. The number of rotatable bonds is 7. The molecule has 1 aromatic carbocycles. The van der Waals surface area contributed by atoms with Crippen LogP contribution in [0.1, 0.15) is 6.92 Å². The maximum absolute atomic E-state index is 12.7. The van der Waals surface area contributed by atoms with E-state index in [1.165, 1.54) is 18.2 Å². The Kier molecular flexibility index (Phi) is 6.26. The Morgan fingerprint density at radius 1 is 1.23 bits per heavy atom. The summed E-state index contributed by atoms with van der Waals surface area (Å²) in [6.45, 7) is 0.565. The van der Waals surface area contributed by atoms with Crippen molar-refractivity contribution in [1.82, 2.24) is 4.31 Å². The zero-order chi connectivity index (χ0) is 19.8. The van der Waals surface area contributed by atoms with E-state index in [1.54, 1.807) is 6.92 Å². The molecule has 0 aliphatic carbocycles. The molecule has 1 aromatic rings. The molecule has 0 N–H and O–H groups in total. The smallest absolute Gasteiger partial charge is 0.317 e. The predicted octanol–water partition coefficient (Wildman–Crippen LogP) is 1.52. The lowest BCUT2D eigenvalue weighted by atomic mass is 9.83. The van der Waals surface area contributed by atoms with Crippen LogP contribution in [0.4, 0.5) is 0 Å². The zero-order valence-corrected chi connectivity index (χ0v) is 17.1. The zero-order valence-electron chi connectivity index (χ0n) is 13.9. The molecule has 146 valence electrons. The van der Waals surface area contributed by atoms with Crippen LogP contribution in [0.15, 0.2) is 23.1 Å². The van der Waals surface area contributed by atoms with E-state index in [0.29, 0.717) is 0 Å². The van der Waals surface area contributed by atoms with E-state index in [9.17, 15) is 21.6 Å². The Labute approximate surface area is 162 Å². The van der Waals surface area contributed by atoms with Gasteiger partial charge in [-0.1, -0.05) is 23.2 Å². The van der Waals surface area contributed by atoms with Crippen molar-refractivity contribution < 1.29 is 30.6 Å². The highest BCUT2D eigenvalue weighted by molar-refractivity contribution is 7.89. The van der Waals surface area contributed by atoms with E-state index in [0.717, 1.165) is 10.6 Å². The van der Waals surface area contributed by atoms with Crippen molar-refractivity contribution >= 4 is 49.3 Å². The number of ether oxygens (including phenoxy) is 1. The van der Waals surface area contributed by atoms with E-state index in [4.69, 9.17) is 32.1 Å². The van der Waals surface area contributed by atoms with Gasteiger partial charge in [0, 0.05) is 18.1 Å². The third-order valence-corrected chi connectivity index (χ3v) is 6.78. The number of nitrogens with zero attached hydrogens (tertiary/aromatic N) is 1. The van der Waals surface area contributed by atoms with Crippen molar-refractivity contribution in [3.8, 4) is 0 Å². The van der Waals surface area contributed by atoms with Gasteiger partial charge in [-0.05, 0) is 25.1 Å². The van der Waals surface area contributed by atoms with Crippen molar-refractivity contribution in [2.24, 2.45) is 5.41 Å². The lowest BCUT2D eigenvalue weighted by molar-refractivity contribution is -0.165. The monoisotopic (exact) mass is 445 g/mol. The number of esters is 1. The minimum atomic E-state index is -3.99. The van der Waals surface area contributed by atoms with Crippen molar-refractivity contribution in [3.05, 3.63) is 28.2 Å². The number of halogens is 2. The molecule has 0 aromatic heterocycles. The first-order valence-electron chi connectivity index (χ1n) is 7.38. The van der Waals surface area contributed by atoms with E-state index in [1.807, 2.05) is 0 Å². The molecule has 0 atom stereocenters. The van der Waals surface area contributed by atoms with Crippen molar-refractivity contribution in [2.45, 2.75) is 11.8 Å². The highest BCUT2D eigenvalue weighted by Crippen LogP contribution is 2.38. The third kappa shape index (κ3) is 4.49. The molecule has 0 saturated carbocycles. The molecule has 1 aliphatic rings. The van der Waals surface area contributed by atoms with Gasteiger partial charge in [-0.15, -0.1) is 0 Å². The molecular weight excluding hydrogens is 429 g/mol. The number of carbonyl (C=O) groups excluding carboxylic acids is 1. The van der Waals surface area contributed by atoms with Gasteiger partial charge < -0.3 is 4.74 Å². The van der Waals surface area contributed by atoms with Crippen LogP contribution in [0.5, 0.6) is 0 Å². The summed E-state index contributed by atoms with van der Waals surface area (Å²) in [5.41, 5.74) is -1.40. The Morgan fingerprint density at radius 3 is 2.35 bits per heavy atom. The number of hydrogen-bond acceptors (Lipinski definition) is 7. The van der Waals surface area contributed by atoms with Gasteiger partial charge in [0.05, 0.1) is 24.5 Å². The molecule has 1 heterocycles. The standard InChI is InChI=1S/C14H17Cl2NO7S2/c1-3-23-13(18)14(9-24-25(2,19)20)7-17(8-14)26(21,22)12-5-4-10(15)6-11(12)16/h4-6H,3,7-9H2,1-2H3. The average molecular weight is 446 g/mol. The average Bonchev–Trinajstić information content (AvgIpc) is 2.44. The Balaban J connectivity index is 2.25. The fourth-order valence-electron chi connectivity index (χ4n) is 2.41.